The Kier molecular flexibility index (Phi) is 7.17. The van der Waals surface area contributed by atoms with Gasteiger partial charge < -0.3 is 10.1 Å². The largest absolute Gasteiger partial charge is 0.497 e. The lowest BCUT2D eigenvalue weighted by Crippen LogP contribution is -2.31. The van der Waals surface area contributed by atoms with Crippen LogP contribution in [0.3, 0.4) is 0 Å². The molecule has 0 aliphatic rings. The van der Waals surface area contributed by atoms with Crippen molar-refractivity contribution in [2.75, 3.05) is 13.7 Å². The number of ether oxygens (including phenoxy) is 1. The number of rotatable bonds is 8. The molecule has 2 aromatic carbocycles. The molecule has 6 nitrogen and oxygen atoms in total. The standard InChI is InChI=1S/C21H23ClN4O2S/c1-4-12-23-20(27)14(2)29-21-25-24-19(15-6-5-7-18(13-15)28-3)26(21)17-10-8-16(22)9-11-17/h5-11,13-14H,4,12H2,1-3H3,(H,23,27). The first kappa shape index (κ1) is 21.2. The number of nitrogens with one attached hydrogen (secondary N) is 1. The predicted molar refractivity (Wildman–Crippen MR) is 117 cm³/mol. The Balaban J connectivity index is 2.01. The van der Waals surface area contributed by atoms with Crippen LogP contribution in [0.25, 0.3) is 17.1 Å². The third-order valence-corrected chi connectivity index (χ3v) is 5.54. The van der Waals surface area contributed by atoms with Crippen molar-refractivity contribution >= 4 is 29.3 Å². The SMILES string of the molecule is CCCNC(=O)C(C)Sc1nnc(-c2cccc(OC)c2)n1-c1ccc(Cl)cc1. The molecule has 0 saturated heterocycles. The number of thioether (sulfide) groups is 1. The number of hydrogen-bond acceptors (Lipinski definition) is 5. The zero-order chi connectivity index (χ0) is 20.8. The molecule has 1 heterocycles. The van der Waals surface area contributed by atoms with Gasteiger partial charge in [0.15, 0.2) is 11.0 Å². The minimum atomic E-state index is -0.310. The van der Waals surface area contributed by atoms with Gasteiger partial charge in [0.1, 0.15) is 5.75 Å². The molecule has 29 heavy (non-hydrogen) atoms. The van der Waals surface area contributed by atoms with Gasteiger partial charge in [0.05, 0.1) is 12.4 Å². The fourth-order valence-electron chi connectivity index (χ4n) is 2.72. The van der Waals surface area contributed by atoms with Gasteiger partial charge in [0.2, 0.25) is 5.91 Å². The second-order valence-corrected chi connectivity index (χ2v) is 8.15. The van der Waals surface area contributed by atoms with Crippen molar-refractivity contribution in [2.24, 2.45) is 0 Å². The second kappa shape index (κ2) is 9.80. The van der Waals surface area contributed by atoms with Crippen LogP contribution in [0.5, 0.6) is 5.75 Å². The highest BCUT2D eigenvalue weighted by atomic mass is 35.5. The molecule has 0 spiro atoms. The van der Waals surface area contributed by atoms with Crippen LogP contribution in [-0.4, -0.2) is 39.6 Å². The van der Waals surface area contributed by atoms with Gasteiger partial charge in [0.25, 0.3) is 0 Å². The van der Waals surface area contributed by atoms with E-state index in [2.05, 4.69) is 15.5 Å². The van der Waals surface area contributed by atoms with E-state index in [1.54, 1.807) is 7.11 Å². The van der Waals surface area contributed by atoms with Gasteiger partial charge in [-0.25, -0.2) is 0 Å². The number of carbonyl (C=O) groups excluding carboxylic acids is 1. The quantitative estimate of drug-likeness (QED) is 0.529. The fourth-order valence-corrected chi connectivity index (χ4v) is 3.74. The summed E-state index contributed by atoms with van der Waals surface area (Å²) in [5.74, 6) is 1.37. The Hall–Kier alpha value is -2.51. The van der Waals surface area contributed by atoms with E-state index < -0.39 is 0 Å². The molecule has 0 bridgehead atoms. The van der Waals surface area contributed by atoms with Crippen LogP contribution < -0.4 is 10.1 Å². The maximum Gasteiger partial charge on any atom is 0.233 e. The van der Waals surface area contributed by atoms with Gasteiger partial charge in [0, 0.05) is 22.8 Å². The summed E-state index contributed by atoms with van der Waals surface area (Å²) in [6.07, 6.45) is 0.893. The average molecular weight is 431 g/mol. The van der Waals surface area contributed by atoms with Crippen LogP contribution in [0.4, 0.5) is 0 Å². The summed E-state index contributed by atoms with van der Waals surface area (Å²) < 4.78 is 7.27. The van der Waals surface area contributed by atoms with Crippen LogP contribution >= 0.6 is 23.4 Å². The van der Waals surface area contributed by atoms with Gasteiger partial charge in [-0.15, -0.1) is 10.2 Å². The van der Waals surface area contributed by atoms with Crippen molar-refractivity contribution < 1.29 is 9.53 Å². The highest BCUT2D eigenvalue weighted by Gasteiger charge is 2.22. The van der Waals surface area contributed by atoms with E-state index in [0.717, 1.165) is 23.4 Å². The van der Waals surface area contributed by atoms with Gasteiger partial charge in [-0.05, 0) is 49.7 Å². The molecule has 1 amide bonds. The van der Waals surface area contributed by atoms with E-state index in [1.165, 1.54) is 11.8 Å². The van der Waals surface area contributed by atoms with Crippen LogP contribution in [0.1, 0.15) is 20.3 Å². The molecule has 0 fully saturated rings. The molecule has 152 valence electrons. The van der Waals surface area contributed by atoms with Crippen LogP contribution in [0, 0.1) is 0 Å². The topological polar surface area (TPSA) is 69.0 Å². The maximum atomic E-state index is 12.3. The third-order valence-electron chi connectivity index (χ3n) is 4.25. The molecule has 1 N–H and O–H groups in total. The van der Waals surface area contributed by atoms with Crippen LogP contribution in [-0.2, 0) is 4.79 Å². The summed E-state index contributed by atoms with van der Waals surface area (Å²) in [4.78, 5) is 12.3. The molecule has 0 aliphatic carbocycles. The summed E-state index contributed by atoms with van der Waals surface area (Å²) in [6.45, 7) is 4.54. The minimum Gasteiger partial charge on any atom is -0.497 e. The maximum absolute atomic E-state index is 12.3. The molecule has 0 radical (unpaired) electrons. The lowest BCUT2D eigenvalue weighted by molar-refractivity contribution is -0.120. The Bertz CT molecular complexity index is 975. The van der Waals surface area contributed by atoms with Gasteiger partial charge in [-0.2, -0.15) is 0 Å². The first-order valence-corrected chi connectivity index (χ1v) is 10.6. The second-order valence-electron chi connectivity index (χ2n) is 6.40. The molecule has 1 aromatic heterocycles. The Morgan fingerprint density at radius 2 is 2.00 bits per heavy atom. The lowest BCUT2D eigenvalue weighted by atomic mass is 10.2. The first-order chi connectivity index (χ1) is 14.0. The summed E-state index contributed by atoms with van der Waals surface area (Å²) >= 11 is 7.43. The van der Waals surface area contributed by atoms with E-state index in [0.29, 0.717) is 22.5 Å². The third kappa shape index (κ3) is 5.10. The number of carbonyl (C=O) groups is 1. The lowest BCUT2D eigenvalue weighted by Gasteiger charge is -2.14. The Labute approximate surface area is 179 Å². The summed E-state index contributed by atoms with van der Waals surface area (Å²) in [6, 6.07) is 15.1. The Morgan fingerprint density at radius 3 is 2.69 bits per heavy atom. The van der Waals surface area contributed by atoms with Crippen molar-refractivity contribution in [3.05, 3.63) is 53.6 Å². The summed E-state index contributed by atoms with van der Waals surface area (Å²) in [7, 11) is 1.63. The normalized spacial score (nSPS) is 11.9. The van der Waals surface area contributed by atoms with Crippen molar-refractivity contribution in [1.29, 1.82) is 0 Å². The first-order valence-electron chi connectivity index (χ1n) is 9.33. The van der Waals surface area contributed by atoms with E-state index in [9.17, 15) is 4.79 Å². The van der Waals surface area contributed by atoms with Gasteiger partial charge in [-0.3, -0.25) is 9.36 Å². The number of methoxy groups -OCH3 is 1. The van der Waals surface area contributed by atoms with Crippen molar-refractivity contribution in [2.45, 2.75) is 30.7 Å². The average Bonchev–Trinajstić information content (AvgIpc) is 3.16. The highest BCUT2D eigenvalue weighted by molar-refractivity contribution is 8.00. The smallest absolute Gasteiger partial charge is 0.233 e. The van der Waals surface area contributed by atoms with Crippen LogP contribution in [0.2, 0.25) is 5.02 Å². The molecule has 0 saturated carbocycles. The van der Waals surface area contributed by atoms with Crippen molar-refractivity contribution in [3.8, 4) is 22.8 Å². The molecule has 1 atom stereocenters. The number of benzene rings is 2. The number of nitrogens with zero attached hydrogens (tertiary/aromatic N) is 3. The number of amides is 1. The molecular weight excluding hydrogens is 408 g/mol. The highest BCUT2D eigenvalue weighted by Crippen LogP contribution is 2.31. The van der Waals surface area contributed by atoms with E-state index in [-0.39, 0.29) is 11.2 Å². The molecule has 1 unspecified atom stereocenters. The van der Waals surface area contributed by atoms with Crippen molar-refractivity contribution in [1.82, 2.24) is 20.1 Å². The number of halogens is 1. The molecule has 8 heteroatoms. The summed E-state index contributed by atoms with van der Waals surface area (Å²) in [5.41, 5.74) is 1.72. The monoisotopic (exact) mass is 430 g/mol. The van der Waals surface area contributed by atoms with E-state index in [1.807, 2.05) is 66.9 Å². The zero-order valence-corrected chi connectivity index (χ0v) is 18.1. The minimum absolute atomic E-state index is 0.0227. The van der Waals surface area contributed by atoms with Gasteiger partial charge in [-0.1, -0.05) is 42.4 Å². The summed E-state index contributed by atoms with van der Waals surface area (Å²) in [5, 5.41) is 12.7. The molecule has 0 aliphatic heterocycles. The number of aromatic nitrogens is 3. The van der Waals surface area contributed by atoms with Crippen LogP contribution in [0.15, 0.2) is 53.7 Å². The molecular formula is C21H23ClN4O2S. The van der Waals surface area contributed by atoms with Crippen molar-refractivity contribution in [3.63, 3.8) is 0 Å². The number of hydrogen-bond donors (Lipinski definition) is 1. The Morgan fingerprint density at radius 1 is 1.24 bits per heavy atom. The van der Waals surface area contributed by atoms with E-state index >= 15 is 0 Å². The zero-order valence-electron chi connectivity index (χ0n) is 16.6. The van der Waals surface area contributed by atoms with E-state index in [4.69, 9.17) is 16.3 Å². The molecule has 3 aromatic rings. The molecule has 3 rings (SSSR count). The predicted octanol–water partition coefficient (Wildman–Crippen LogP) is 4.60. The van der Waals surface area contributed by atoms with Gasteiger partial charge >= 0.3 is 0 Å². The fraction of sp³-hybridized carbons (Fsp3) is 0.286.